The molecular weight excluding hydrogens is 140 g/mol. The maximum atomic E-state index is 4.19. The third kappa shape index (κ3) is 0.869. The van der Waals surface area contributed by atoms with Crippen molar-refractivity contribution in [2.75, 3.05) is 0 Å². The molecule has 0 aromatic carbocycles. The molecule has 2 aromatic heterocycles. The molecule has 0 fully saturated rings. The van der Waals surface area contributed by atoms with Crippen molar-refractivity contribution in [3.8, 4) is 0 Å². The molecule has 0 radical (unpaired) electrons. The minimum absolute atomic E-state index is 0.697. The fourth-order valence-electron chi connectivity index (χ4n) is 1.15. The molecule has 0 atom stereocenters. The van der Waals surface area contributed by atoms with Crippen LogP contribution in [0.3, 0.4) is 0 Å². The molecule has 2 rings (SSSR count). The number of rotatable bonds is 0. The second kappa shape index (κ2) is 2.02. The van der Waals surface area contributed by atoms with E-state index in [9.17, 15) is 0 Å². The SMILES string of the molecule is Cc1cc(C)c2n[nH]nc2n1. The van der Waals surface area contributed by atoms with Crippen LogP contribution in [0.15, 0.2) is 6.07 Å². The Morgan fingerprint density at radius 2 is 2.09 bits per heavy atom. The number of aromatic amines is 1. The smallest absolute Gasteiger partial charge is 0.202 e. The summed E-state index contributed by atoms with van der Waals surface area (Å²) in [6, 6.07) is 1.99. The van der Waals surface area contributed by atoms with E-state index < -0.39 is 0 Å². The van der Waals surface area contributed by atoms with Gasteiger partial charge in [-0.3, -0.25) is 0 Å². The van der Waals surface area contributed by atoms with Crippen molar-refractivity contribution in [2.45, 2.75) is 13.8 Å². The van der Waals surface area contributed by atoms with Gasteiger partial charge in [-0.2, -0.15) is 10.3 Å². The van der Waals surface area contributed by atoms with E-state index in [0.29, 0.717) is 5.65 Å². The zero-order valence-corrected chi connectivity index (χ0v) is 6.42. The van der Waals surface area contributed by atoms with Crippen molar-refractivity contribution in [2.24, 2.45) is 0 Å². The zero-order chi connectivity index (χ0) is 7.84. The Hall–Kier alpha value is -1.45. The number of hydrogen-bond donors (Lipinski definition) is 1. The van der Waals surface area contributed by atoms with Crippen LogP contribution in [-0.4, -0.2) is 20.4 Å². The molecule has 0 amide bonds. The molecule has 2 aromatic rings. The third-order valence-corrected chi connectivity index (χ3v) is 1.61. The first-order valence-corrected chi connectivity index (χ1v) is 3.42. The van der Waals surface area contributed by atoms with Crippen LogP contribution in [0, 0.1) is 13.8 Å². The molecule has 0 unspecified atom stereocenters. The Bertz CT molecular complexity index is 390. The summed E-state index contributed by atoms with van der Waals surface area (Å²) < 4.78 is 0. The largest absolute Gasteiger partial charge is 0.230 e. The van der Waals surface area contributed by atoms with Gasteiger partial charge in [-0.15, -0.1) is 5.10 Å². The monoisotopic (exact) mass is 148 g/mol. The van der Waals surface area contributed by atoms with E-state index in [1.54, 1.807) is 0 Å². The van der Waals surface area contributed by atoms with Crippen molar-refractivity contribution in [1.82, 2.24) is 20.4 Å². The highest BCUT2D eigenvalue weighted by Gasteiger charge is 2.02. The Balaban J connectivity index is 2.91. The summed E-state index contributed by atoms with van der Waals surface area (Å²) in [4.78, 5) is 4.19. The van der Waals surface area contributed by atoms with Gasteiger partial charge in [0.05, 0.1) is 0 Å². The summed E-state index contributed by atoms with van der Waals surface area (Å²) in [5, 5.41) is 10.4. The number of hydrogen-bond acceptors (Lipinski definition) is 3. The highest BCUT2D eigenvalue weighted by atomic mass is 15.3. The first-order valence-electron chi connectivity index (χ1n) is 3.42. The maximum Gasteiger partial charge on any atom is 0.202 e. The van der Waals surface area contributed by atoms with Crippen LogP contribution in [0.5, 0.6) is 0 Å². The van der Waals surface area contributed by atoms with Crippen LogP contribution >= 0.6 is 0 Å². The molecule has 0 aliphatic heterocycles. The van der Waals surface area contributed by atoms with Crippen LogP contribution in [0.25, 0.3) is 11.2 Å². The second-order valence-corrected chi connectivity index (χ2v) is 2.58. The van der Waals surface area contributed by atoms with Gasteiger partial charge >= 0.3 is 0 Å². The lowest BCUT2D eigenvalue weighted by atomic mass is 10.2. The summed E-state index contributed by atoms with van der Waals surface area (Å²) >= 11 is 0. The van der Waals surface area contributed by atoms with Crippen LogP contribution in [0.4, 0.5) is 0 Å². The Kier molecular flexibility index (Phi) is 1.15. The van der Waals surface area contributed by atoms with Gasteiger partial charge in [0.25, 0.3) is 0 Å². The van der Waals surface area contributed by atoms with E-state index >= 15 is 0 Å². The molecular formula is C7H8N4. The summed E-state index contributed by atoms with van der Waals surface area (Å²) in [5.41, 5.74) is 3.64. The van der Waals surface area contributed by atoms with Gasteiger partial charge in [-0.25, -0.2) is 4.98 Å². The van der Waals surface area contributed by atoms with Crippen molar-refractivity contribution >= 4 is 11.2 Å². The summed E-state index contributed by atoms with van der Waals surface area (Å²) in [5.74, 6) is 0. The van der Waals surface area contributed by atoms with Gasteiger partial charge < -0.3 is 0 Å². The fourth-order valence-corrected chi connectivity index (χ4v) is 1.15. The molecule has 4 nitrogen and oxygen atoms in total. The summed E-state index contributed by atoms with van der Waals surface area (Å²) in [7, 11) is 0. The van der Waals surface area contributed by atoms with Gasteiger partial charge in [-0.1, -0.05) is 0 Å². The molecule has 0 aliphatic rings. The Labute approximate surface area is 63.6 Å². The van der Waals surface area contributed by atoms with E-state index in [0.717, 1.165) is 16.8 Å². The molecule has 11 heavy (non-hydrogen) atoms. The Morgan fingerprint density at radius 3 is 2.91 bits per heavy atom. The van der Waals surface area contributed by atoms with E-state index in [1.165, 1.54) is 0 Å². The highest BCUT2D eigenvalue weighted by Crippen LogP contribution is 2.11. The van der Waals surface area contributed by atoms with Crippen LogP contribution in [0.1, 0.15) is 11.3 Å². The number of nitrogens with one attached hydrogen (secondary N) is 1. The lowest BCUT2D eigenvalue weighted by Crippen LogP contribution is -1.85. The minimum atomic E-state index is 0.697. The molecule has 0 bridgehead atoms. The Morgan fingerprint density at radius 1 is 1.27 bits per heavy atom. The molecule has 0 saturated carbocycles. The molecule has 2 heterocycles. The molecule has 56 valence electrons. The van der Waals surface area contributed by atoms with Gasteiger partial charge in [0, 0.05) is 5.69 Å². The highest BCUT2D eigenvalue weighted by molar-refractivity contribution is 5.72. The van der Waals surface area contributed by atoms with Gasteiger partial charge in [0.15, 0.2) is 0 Å². The molecule has 0 spiro atoms. The maximum absolute atomic E-state index is 4.19. The average molecular weight is 148 g/mol. The van der Waals surface area contributed by atoms with Gasteiger partial charge in [0.2, 0.25) is 5.65 Å². The lowest BCUT2D eigenvalue weighted by molar-refractivity contribution is 0.953. The van der Waals surface area contributed by atoms with Crippen molar-refractivity contribution in [1.29, 1.82) is 0 Å². The van der Waals surface area contributed by atoms with E-state index in [4.69, 9.17) is 0 Å². The zero-order valence-electron chi connectivity index (χ0n) is 6.42. The van der Waals surface area contributed by atoms with Crippen LogP contribution in [-0.2, 0) is 0 Å². The van der Waals surface area contributed by atoms with Gasteiger partial charge in [-0.05, 0) is 25.5 Å². The second-order valence-electron chi connectivity index (χ2n) is 2.58. The lowest BCUT2D eigenvalue weighted by Gasteiger charge is -1.93. The predicted molar refractivity (Wildman–Crippen MR) is 41.2 cm³/mol. The number of fused-ring (bicyclic) bond motifs is 1. The summed E-state index contributed by atoms with van der Waals surface area (Å²) in [6.45, 7) is 3.95. The number of H-pyrrole nitrogens is 1. The molecule has 1 N–H and O–H groups in total. The number of pyridine rings is 1. The van der Waals surface area contributed by atoms with Gasteiger partial charge in [0.1, 0.15) is 5.52 Å². The van der Waals surface area contributed by atoms with Crippen LogP contribution in [0.2, 0.25) is 0 Å². The standard InChI is InChI=1S/C7H8N4/c1-4-3-5(2)8-7-6(4)9-11-10-7/h3H,1-2H3,(H,8,9,10,11). The normalized spacial score (nSPS) is 10.7. The van der Waals surface area contributed by atoms with E-state index in [1.807, 2.05) is 19.9 Å². The number of nitrogens with zero attached hydrogens (tertiary/aromatic N) is 3. The van der Waals surface area contributed by atoms with E-state index in [2.05, 4.69) is 20.4 Å². The molecule has 0 aliphatic carbocycles. The number of aromatic nitrogens is 4. The third-order valence-electron chi connectivity index (χ3n) is 1.61. The predicted octanol–water partition coefficient (Wildman–Crippen LogP) is 0.970. The number of aryl methyl sites for hydroxylation is 2. The van der Waals surface area contributed by atoms with E-state index in [-0.39, 0.29) is 0 Å². The topological polar surface area (TPSA) is 54.5 Å². The van der Waals surface area contributed by atoms with Crippen molar-refractivity contribution in [3.63, 3.8) is 0 Å². The van der Waals surface area contributed by atoms with Crippen molar-refractivity contribution in [3.05, 3.63) is 17.3 Å². The molecule has 4 heteroatoms. The fraction of sp³-hybridized carbons (Fsp3) is 0.286. The van der Waals surface area contributed by atoms with Crippen molar-refractivity contribution < 1.29 is 0 Å². The first kappa shape index (κ1) is 6.27. The first-order chi connectivity index (χ1) is 5.27. The molecule has 0 saturated heterocycles. The minimum Gasteiger partial charge on any atom is -0.230 e. The quantitative estimate of drug-likeness (QED) is 0.605. The summed E-state index contributed by atoms with van der Waals surface area (Å²) in [6.07, 6.45) is 0. The average Bonchev–Trinajstić information content (AvgIpc) is 2.34. The van der Waals surface area contributed by atoms with Crippen LogP contribution < -0.4 is 0 Å².